The minimum Gasteiger partial charge on any atom is -0.192 e. The minimum atomic E-state index is 0.704. The number of nitriles is 2. The van der Waals surface area contributed by atoms with Crippen molar-refractivity contribution >= 4 is 0 Å². The van der Waals surface area contributed by atoms with Crippen LogP contribution in [0.4, 0.5) is 0 Å². The van der Waals surface area contributed by atoms with Crippen molar-refractivity contribution in [3.63, 3.8) is 0 Å². The predicted molar refractivity (Wildman–Crippen MR) is 172 cm³/mol. The van der Waals surface area contributed by atoms with Crippen LogP contribution in [0.2, 0.25) is 0 Å². The van der Waals surface area contributed by atoms with E-state index in [0.717, 1.165) is 12.8 Å². The lowest BCUT2D eigenvalue weighted by Crippen LogP contribution is -1.96. The molecule has 208 valence electrons. The van der Waals surface area contributed by atoms with Crippen LogP contribution in [0.15, 0.2) is 72.8 Å². The molecule has 0 heterocycles. The van der Waals surface area contributed by atoms with Crippen LogP contribution in [-0.4, -0.2) is 0 Å². The summed E-state index contributed by atoms with van der Waals surface area (Å²) in [6.45, 7) is 8.94. The third kappa shape index (κ3) is 7.96. The van der Waals surface area contributed by atoms with Crippen molar-refractivity contribution in [2.24, 2.45) is 0 Å². The molecule has 0 N–H and O–H groups in total. The van der Waals surface area contributed by atoms with Gasteiger partial charge in [-0.25, -0.2) is 0 Å². The number of hydrogen-bond donors (Lipinski definition) is 0. The second kappa shape index (κ2) is 14.5. The molecule has 2 nitrogen and oxygen atoms in total. The van der Waals surface area contributed by atoms with Gasteiger partial charge in [0.05, 0.1) is 23.3 Å². The standard InChI is InChI=1S/C39H42N2/c1-28-22-36(34-18-14-32(26-40)15-19-34)23-29(2)38(28)12-10-8-6-5-7-9-11-13-39-30(3)24-37(25-31(39)4)35-20-16-33(27-41)17-21-35/h14-25H,5-13H2,1-4H3. The molecular formula is C39H42N2. The number of aryl methyl sites for hydroxylation is 4. The Balaban J connectivity index is 1.16. The molecule has 0 radical (unpaired) electrons. The van der Waals surface area contributed by atoms with Gasteiger partial charge in [0.25, 0.3) is 0 Å². The van der Waals surface area contributed by atoms with Gasteiger partial charge >= 0.3 is 0 Å². The van der Waals surface area contributed by atoms with E-state index in [4.69, 9.17) is 10.5 Å². The van der Waals surface area contributed by atoms with E-state index in [1.54, 1.807) is 0 Å². The van der Waals surface area contributed by atoms with Crippen LogP contribution in [0.3, 0.4) is 0 Å². The third-order valence-electron chi connectivity index (χ3n) is 8.44. The lowest BCUT2D eigenvalue weighted by Gasteiger charge is -2.14. The SMILES string of the molecule is Cc1cc(-c2ccc(C#N)cc2)cc(C)c1CCCCCCCCCc1c(C)cc(-c2ccc(C#N)cc2)cc1C. The highest BCUT2D eigenvalue weighted by Gasteiger charge is 2.09. The van der Waals surface area contributed by atoms with Crippen molar-refractivity contribution in [1.82, 2.24) is 0 Å². The zero-order valence-corrected chi connectivity index (χ0v) is 25.2. The predicted octanol–water partition coefficient (Wildman–Crippen LogP) is 10.5. The largest absolute Gasteiger partial charge is 0.192 e. The molecule has 0 saturated heterocycles. The summed E-state index contributed by atoms with van der Waals surface area (Å²) in [4.78, 5) is 0. The Morgan fingerprint density at radius 3 is 1.00 bits per heavy atom. The summed E-state index contributed by atoms with van der Waals surface area (Å²) < 4.78 is 0. The van der Waals surface area contributed by atoms with Crippen LogP contribution < -0.4 is 0 Å². The molecule has 0 spiro atoms. The average molecular weight is 539 g/mol. The molecule has 2 heteroatoms. The Morgan fingerprint density at radius 1 is 0.415 bits per heavy atom. The maximum absolute atomic E-state index is 9.05. The lowest BCUT2D eigenvalue weighted by atomic mass is 9.92. The molecule has 4 rings (SSSR count). The maximum Gasteiger partial charge on any atom is 0.0991 e. The van der Waals surface area contributed by atoms with Gasteiger partial charge in [-0.2, -0.15) is 10.5 Å². The molecule has 0 atom stereocenters. The Kier molecular flexibility index (Phi) is 10.5. The van der Waals surface area contributed by atoms with E-state index in [2.05, 4.69) is 64.1 Å². The summed E-state index contributed by atoms with van der Waals surface area (Å²) in [5, 5.41) is 18.1. The quantitative estimate of drug-likeness (QED) is 0.168. The first kappa shape index (κ1) is 29.8. The van der Waals surface area contributed by atoms with Crippen LogP contribution in [0.25, 0.3) is 22.3 Å². The van der Waals surface area contributed by atoms with E-state index < -0.39 is 0 Å². The Labute approximate surface area is 247 Å². The van der Waals surface area contributed by atoms with Gasteiger partial charge < -0.3 is 0 Å². The van der Waals surface area contributed by atoms with E-state index in [0.29, 0.717) is 11.1 Å². The zero-order chi connectivity index (χ0) is 29.2. The summed E-state index contributed by atoms with van der Waals surface area (Å²) in [5.41, 5.74) is 14.7. The van der Waals surface area contributed by atoms with Crippen molar-refractivity contribution < 1.29 is 0 Å². The van der Waals surface area contributed by atoms with Crippen molar-refractivity contribution in [3.8, 4) is 34.4 Å². The molecular weight excluding hydrogens is 496 g/mol. The molecule has 41 heavy (non-hydrogen) atoms. The highest BCUT2D eigenvalue weighted by atomic mass is 14.2. The van der Waals surface area contributed by atoms with E-state index >= 15 is 0 Å². The summed E-state index contributed by atoms with van der Waals surface area (Å²) >= 11 is 0. The van der Waals surface area contributed by atoms with Gasteiger partial charge in [0.1, 0.15) is 0 Å². The van der Waals surface area contributed by atoms with Crippen molar-refractivity contribution in [3.05, 3.63) is 117 Å². The van der Waals surface area contributed by atoms with Crippen LogP contribution in [0, 0.1) is 50.4 Å². The maximum atomic E-state index is 9.05. The Morgan fingerprint density at radius 2 is 0.707 bits per heavy atom. The van der Waals surface area contributed by atoms with Gasteiger partial charge in [0.2, 0.25) is 0 Å². The summed E-state index contributed by atoms with van der Waals surface area (Å²) in [6, 6.07) is 29.4. The first-order valence-electron chi connectivity index (χ1n) is 15.1. The highest BCUT2D eigenvalue weighted by Crippen LogP contribution is 2.28. The second-order valence-corrected chi connectivity index (χ2v) is 11.5. The molecule has 4 aromatic rings. The van der Waals surface area contributed by atoms with Crippen LogP contribution in [0.1, 0.15) is 89.5 Å². The second-order valence-electron chi connectivity index (χ2n) is 11.5. The van der Waals surface area contributed by atoms with Gasteiger partial charge in [0, 0.05) is 0 Å². The first-order chi connectivity index (χ1) is 19.9. The molecule has 0 aliphatic heterocycles. The Hall–Kier alpha value is -4.14. The monoisotopic (exact) mass is 538 g/mol. The molecule has 0 amide bonds. The van der Waals surface area contributed by atoms with Gasteiger partial charge in [-0.3, -0.25) is 0 Å². The fourth-order valence-corrected chi connectivity index (χ4v) is 6.07. The van der Waals surface area contributed by atoms with E-state index in [1.165, 1.54) is 101 Å². The number of benzene rings is 4. The van der Waals surface area contributed by atoms with Crippen LogP contribution in [-0.2, 0) is 12.8 Å². The molecule has 0 aromatic heterocycles. The van der Waals surface area contributed by atoms with E-state index in [-0.39, 0.29) is 0 Å². The summed E-state index contributed by atoms with van der Waals surface area (Å²) in [5.74, 6) is 0. The summed E-state index contributed by atoms with van der Waals surface area (Å²) in [7, 11) is 0. The minimum absolute atomic E-state index is 0.704. The number of unbranched alkanes of at least 4 members (excludes halogenated alkanes) is 6. The number of hydrogen-bond acceptors (Lipinski definition) is 2. The highest BCUT2D eigenvalue weighted by molar-refractivity contribution is 5.68. The molecule has 0 fully saturated rings. The molecule has 0 aliphatic carbocycles. The van der Waals surface area contributed by atoms with Crippen LogP contribution in [0.5, 0.6) is 0 Å². The fourth-order valence-electron chi connectivity index (χ4n) is 6.07. The molecule has 0 aliphatic rings. The van der Waals surface area contributed by atoms with E-state index in [9.17, 15) is 0 Å². The summed E-state index contributed by atoms with van der Waals surface area (Å²) in [6.07, 6.45) is 11.4. The molecule has 4 aromatic carbocycles. The van der Waals surface area contributed by atoms with E-state index in [1.807, 2.05) is 48.5 Å². The van der Waals surface area contributed by atoms with Crippen molar-refractivity contribution in [2.75, 3.05) is 0 Å². The smallest absolute Gasteiger partial charge is 0.0991 e. The van der Waals surface area contributed by atoms with Gasteiger partial charge in [-0.1, -0.05) is 80.6 Å². The zero-order valence-electron chi connectivity index (χ0n) is 25.2. The normalized spacial score (nSPS) is 10.8. The van der Waals surface area contributed by atoms with Crippen molar-refractivity contribution in [1.29, 1.82) is 10.5 Å². The average Bonchev–Trinajstić information content (AvgIpc) is 2.98. The lowest BCUT2D eigenvalue weighted by molar-refractivity contribution is 0.578. The third-order valence-corrected chi connectivity index (χ3v) is 8.44. The van der Waals surface area contributed by atoms with Gasteiger partial charge in [-0.15, -0.1) is 0 Å². The molecule has 0 bridgehead atoms. The van der Waals surface area contributed by atoms with Crippen LogP contribution >= 0.6 is 0 Å². The molecule has 0 saturated carbocycles. The van der Waals surface area contributed by atoms with Crippen molar-refractivity contribution in [2.45, 2.75) is 85.5 Å². The fraction of sp³-hybridized carbons (Fsp3) is 0.333. The van der Waals surface area contributed by atoms with Gasteiger partial charge in [0.15, 0.2) is 0 Å². The number of nitrogens with zero attached hydrogens (tertiary/aromatic N) is 2. The first-order valence-corrected chi connectivity index (χ1v) is 15.1. The topological polar surface area (TPSA) is 47.6 Å². The molecule has 0 unspecified atom stereocenters. The Bertz CT molecular complexity index is 1380. The van der Waals surface area contributed by atoms with Gasteiger partial charge in [-0.05, 0) is 133 Å². The number of rotatable bonds is 12.